The van der Waals surface area contributed by atoms with E-state index in [1.165, 1.54) is 0 Å². The first kappa shape index (κ1) is 7.00. The summed E-state index contributed by atoms with van der Waals surface area (Å²) in [5.74, 6) is 0. The molecule has 0 saturated carbocycles. The van der Waals surface area contributed by atoms with Crippen molar-refractivity contribution in [1.82, 2.24) is 0 Å². The quantitative estimate of drug-likeness (QED) is 0.374. The fourth-order valence-electron chi connectivity index (χ4n) is 0.258. The van der Waals surface area contributed by atoms with Gasteiger partial charge in [0.2, 0.25) is 0 Å². The van der Waals surface area contributed by atoms with Gasteiger partial charge in [0, 0.05) is 0 Å². The van der Waals surface area contributed by atoms with Crippen LogP contribution in [0.15, 0.2) is 42.7 Å². The summed E-state index contributed by atoms with van der Waals surface area (Å²) in [6, 6.07) is 0. The lowest BCUT2D eigenvalue weighted by molar-refractivity contribution is 1.54. The normalized spacial score (nSPS) is 9.88. The highest BCUT2D eigenvalue weighted by atomic mass is 13.8. The number of hydrogen-bond acceptors (Lipinski definition) is 0. The van der Waals surface area contributed by atoms with Crippen molar-refractivity contribution in [1.29, 1.82) is 0 Å². The Morgan fingerprint density at radius 3 is 2.62 bits per heavy atom. The molecule has 0 heteroatoms. The van der Waals surface area contributed by atoms with Crippen molar-refractivity contribution in [2.75, 3.05) is 0 Å². The Morgan fingerprint density at radius 2 is 2.25 bits per heavy atom. The summed E-state index contributed by atoms with van der Waals surface area (Å²) < 4.78 is 0. The van der Waals surface area contributed by atoms with Gasteiger partial charge in [-0.3, -0.25) is 0 Å². The predicted molar refractivity (Wildman–Crippen MR) is 37.7 cm³/mol. The van der Waals surface area contributed by atoms with E-state index in [4.69, 9.17) is 0 Å². The van der Waals surface area contributed by atoms with E-state index in [-0.39, 0.29) is 0 Å². The molecule has 0 atom stereocenters. The van der Waals surface area contributed by atoms with Crippen LogP contribution in [0.2, 0.25) is 0 Å². The van der Waals surface area contributed by atoms with Crippen LogP contribution in [0.5, 0.6) is 0 Å². The Kier molecular flexibility index (Phi) is 3.65. The van der Waals surface area contributed by atoms with Crippen LogP contribution in [0, 0.1) is 0 Å². The smallest absolute Gasteiger partial charge is 0.0203 e. The monoisotopic (exact) mass is 106 g/mol. The minimum absolute atomic E-state index is 1.13. The molecule has 0 bridgehead atoms. The Labute approximate surface area is 50.5 Å². The molecule has 0 heterocycles. The molecular formula is C8H10. The fraction of sp³-hybridized carbons (Fsp3) is 0.125. The van der Waals surface area contributed by atoms with Gasteiger partial charge < -0.3 is 0 Å². The van der Waals surface area contributed by atoms with Crippen molar-refractivity contribution in [2.24, 2.45) is 0 Å². The second-order valence-electron chi connectivity index (χ2n) is 1.49. The molecule has 0 aromatic carbocycles. The largest absolute Gasteiger partial charge is 0.129 e. The highest BCUT2D eigenvalue weighted by molar-refractivity contribution is 5.18. The van der Waals surface area contributed by atoms with Gasteiger partial charge in [0.15, 0.2) is 0 Å². The van der Waals surface area contributed by atoms with Gasteiger partial charge in [-0.15, -0.1) is 5.73 Å². The average Bonchev–Trinajstić information content (AvgIpc) is 1.83. The molecule has 0 fully saturated rings. The third-order valence-corrected chi connectivity index (χ3v) is 0.786. The molecule has 42 valence electrons. The van der Waals surface area contributed by atoms with Crippen molar-refractivity contribution in [3.8, 4) is 0 Å². The Hall–Kier alpha value is -1.00. The van der Waals surface area contributed by atoms with Crippen LogP contribution in [0.4, 0.5) is 0 Å². The zero-order valence-corrected chi connectivity index (χ0v) is 5.15. The molecule has 0 spiro atoms. The SMILES string of the molecule is C=C=C/C=C(/C)C=C. The topological polar surface area (TPSA) is 0 Å². The summed E-state index contributed by atoms with van der Waals surface area (Å²) in [6.45, 7) is 8.96. The molecule has 8 heavy (non-hydrogen) atoms. The molecule has 0 aromatic heterocycles. The summed E-state index contributed by atoms with van der Waals surface area (Å²) in [7, 11) is 0. The van der Waals surface area contributed by atoms with Crippen LogP contribution in [-0.4, -0.2) is 0 Å². The molecule has 0 aromatic rings. The number of rotatable bonds is 2. The first-order valence-electron chi connectivity index (χ1n) is 2.46. The molecule has 0 aliphatic carbocycles. The summed E-state index contributed by atoms with van der Waals surface area (Å²) in [5, 5.41) is 0. The van der Waals surface area contributed by atoms with Crippen LogP contribution in [0.3, 0.4) is 0 Å². The summed E-state index contributed by atoms with van der Waals surface area (Å²) in [5.41, 5.74) is 3.76. The lowest BCUT2D eigenvalue weighted by Crippen LogP contribution is -1.59. The molecule has 0 aliphatic heterocycles. The molecule has 0 saturated heterocycles. The van der Waals surface area contributed by atoms with Gasteiger partial charge in [-0.2, -0.15) is 0 Å². The maximum absolute atomic E-state index is 3.58. The van der Waals surface area contributed by atoms with Crippen molar-refractivity contribution in [3.63, 3.8) is 0 Å². The molecule has 0 radical (unpaired) electrons. The maximum atomic E-state index is 3.58. The second kappa shape index (κ2) is 4.17. The van der Waals surface area contributed by atoms with Crippen LogP contribution < -0.4 is 0 Å². The van der Waals surface area contributed by atoms with Gasteiger partial charge in [0.1, 0.15) is 0 Å². The fourth-order valence-corrected chi connectivity index (χ4v) is 0.258. The van der Waals surface area contributed by atoms with E-state index >= 15 is 0 Å². The Bertz CT molecular complexity index is 143. The van der Waals surface area contributed by atoms with Gasteiger partial charge in [0.05, 0.1) is 0 Å². The second-order valence-corrected chi connectivity index (χ2v) is 1.49. The van der Waals surface area contributed by atoms with Gasteiger partial charge in [0.25, 0.3) is 0 Å². The van der Waals surface area contributed by atoms with E-state index in [1.807, 2.05) is 13.0 Å². The standard InChI is InChI=1S/C8H10/c1-4-6-7-8(3)5-2/h5-7H,1-2H2,3H3/b8-7-. The van der Waals surface area contributed by atoms with E-state index in [0.717, 1.165) is 5.57 Å². The number of hydrogen-bond donors (Lipinski definition) is 0. The molecule has 0 amide bonds. The molecular weight excluding hydrogens is 96.1 g/mol. The van der Waals surface area contributed by atoms with E-state index in [1.54, 1.807) is 12.2 Å². The molecule has 0 N–H and O–H groups in total. The van der Waals surface area contributed by atoms with Gasteiger partial charge in [-0.05, 0) is 13.0 Å². The van der Waals surface area contributed by atoms with Crippen molar-refractivity contribution in [2.45, 2.75) is 6.92 Å². The van der Waals surface area contributed by atoms with Gasteiger partial charge in [-0.25, -0.2) is 0 Å². The number of allylic oxidation sites excluding steroid dienone is 4. The van der Waals surface area contributed by atoms with Gasteiger partial charge >= 0.3 is 0 Å². The van der Waals surface area contributed by atoms with Crippen molar-refractivity contribution < 1.29 is 0 Å². The predicted octanol–water partition coefficient (Wildman–Crippen LogP) is 2.46. The highest BCUT2D eigenvalue weighted by Crippen LogP contribution is 1.90. The molecule has 0 nitrogen and oxygen atoms in total. The third-order valence-electron chi connectivity index (χ3n) is 0.786. The lowest BCUT2D eigenvalue weighted by atomic mass is 10.3. The highest BCUT2D eigenvalue weighted by Gasteiger charge is 1.69. The van der Waals surface area contributed by atoms with E-state index in [2.05, 4.69) is 18.9 Å². The van der Waals surface area contributed by atoms with Crippen LogP contribution in [0.25, 0.3) is 0 Å². The van der Waals surface area contributed by atoms with Crippen molar-refractivity contribution in [3.05, 3.63) is 42.7 Å². The average molecular weight is 106 g/mol. The van der Waals surface area contributed by atoms with Crippen LogP contribution in [-0.2, 0) is 0 Å². The summed E-state index contributed by atoms with van der Waals surface area (Å²) in [4.78, 5) is 0. The minimum atomic E-state index is 1.13. The first-order valence-corrected chi connectivity index (χ1v) is 2.46. The van der Waals surface area contributed by atoms with Crippen LogP contribution >= 0.6 is 0 Å². The third kappa shape index (κ3) is 3.20. The Morgan fingerprint density at radius 1 is 1.62 bits per heavy atom. The summed E-state index contributed by atoms with van der Waals surface area (Å²) >= 11 is 0. The molecule has 0 unspecified atom stereocenters. The first-order chi connectivity index (χ1) is 3.81. The van der Waals surface area contributed by atoms with Crippen LogP contribution in [0.1, 0.15) is 6.92 Å². The summed E-state index contributed by atoms with van der Waals surface area (Å²) in [6.07, 6.45) is 5.45. The van der Waals surface area contributed by atoms with E-state index in [9.17, 15) is 0 Å². The maximum Gasteiger partial charge on any atom is -0.0203 e. The minimum Gasteiger partial charge on any atom is -0.129 e. The lowest BCUT2D eigenvalue weighted by Gasteiger charge is -1.80. The molecule has 0 rings (SSSR count). The zero-order chi connectivity index (χ0) is 6.41. The molecule has 0 aliphatic rings. The van der Waals surface area contributed by atoms with E-state index < -0.39 is 0 Å². The Balaban J connectivity index is 3.93. The van der Waals surface area contributed by atoms with E-state index in [0.29, 0.717) is 0 Å². The zero-order valence-electron chi connectivity index (χ0n) is 5.15. The van der Waals surface area contributed by atoms with Gasteiger partial charge in [-0.1, -0.05) is 30.9 Å². The van der Waals surface area contributed by atoms with Crippen molar-refractivity contribution >= 4 is 0 Å².